The van der Waals surface area contributed by atoms with Crippen molar-refractivity contribution in [2.45, 2.75) is 32.4 Å². The third-order valence-corrected chi connectivity index (χ3v) is 6.70. The Morgan fingerprint density at radius 2 is 1.63 bits per heavy atom. The van der Waals surface area contributed by atoms with Gasteiger partial charge >= 0.3 is 0 Å². The Kier molecular flexibility index (Phi) is 8.29. The number of aliphatic hydroxyl groups excluding tert-OH is 1. The van der Waals surface area contributed by atoms with Gasteiger partial charge in [-0.15, -0.1) is 0 Å². The lowest BCUT2D eigenvalue weighted by atomic mass is 9.95. The van der Waals surface area contributed by atoms with E-state index in [9.17, 15) is 19.1 Å². The minimum absolute atomic E-state index is 0.0354. The van der Waals surface area contributed by atoms with Gasteiger partial charge in [-0.2, -0.15) is 0 Å². The summed E-state index contributed by atoms with van der Waals surface area (Å²) in [7, 11) is 1.41. The van der Waals surface area contributed by atoms with E-state index in [-0.39, 0.29) is 45.4 Å². The Morgan fingerprint density at radius 1 is 1.03 bits per heavy atom. The van der Waals surface area contributed by atoms with Crippen molar-refractivity contribution in [1.29, 1.82) is 0 Å². The zero-order valence-corrected chi connectivity index (χ0v) is 22.5. The van der Waals surface area contributed by atoms with Crippen molar-refractivity contribution in [2.24, 2.45) is 0 Å². The Bertz CT molecular complexity index is 1360. The molecule has 0 saturated carbocycles. The quantitative estimate of drug-likeness (QED) is 0.192. The van der Waals surface area contributed by atoms with Crippen LogP contribution in [0, 0.1) is 5.82 Å². The number of carbonyl (C=O) groups is 2. The number of halogens is 3. The van der Waals surface area contributed by atoms with Crippen LogP contribution in [-0.4, -0.2) is 41.5 Å². The molecule has 6 nitrogen and oxygen atoms in total. The second-order valence-corrected chi connectivity index (χ2v) is 9.89. The number of amides is 1. The predicted molar refractivity (Wildman–Crippen MR) is 144 cm³/mol. The van der Waals surface area contributed by atoms with Crippen LogP contribution < -0.4 is 9.47 Å². The van der Waals surface area contributed by atoms with Crippen LogP contribution >= 0.6 is 23.2 Å². The molecule has 1 aliphatic rings. The molecule has 0 aliphatic carbocycles. The zero-order valence-electron chi connectivity index (χ0n) is 21.0. The minimum Gasteiger partial charge on any atom is -0.507 e. The molecule has 1 aliphatic heterocycles. The van der Waals surface area contributed by atoms with E-state index in [0.717, 1.165) is 5.56 Å². The number of aliphatic hydroxyl groups is 1. The van der Waals surface area contributed by atoms with E-state index in [1.165, 1.54) is 36.3 Å². The fraction of sp³-hybridized carbons (Fsp3) is 0.241. The Hall–Kier alpha value is -3.55. The average molecular weight is 558 g/mol. The highest BCUT2D eigenvalue weighted by Gasteiger charge is 2.46. The van der Waals surface area contributed by atoms with Gasteiger partial charge < -0.3 is 19.5 Å². The normalized spacial score (nSPS) is 16.8. The number of nitrogens with zero attached hydrogens (tertiary/aromatic N) is 1. The third-order valence-electron chi connectivity index (χ3n) is 6.14. The van der Waals surface area contributed by atoms with Crippen molar-refractivity contribution < 1.29 is 28.6 Å². The first-order valence-corrected chi connectivity index (χ1v) is 12.7. The van der Waals surface area contributed by atoms with Gasteiger partial charge in [-0.25, -0.2) is 4.39 Å². The maximum atomic E-state index is 13.4. The van der Waals surface area contributed by atoms with Gasteiger partial charge in [-0.1, -0.05) is 47.5 Å². The highest BCUT2D eigenvalue weighted by Crippen LogP contribution is 2.42. The first kappa shape index (κ1) is 27.5. The molecule has 3 aromatic carbocycles. The van der Waals surface area contributed by atoms with Crippen molar-refractivity contribution in [2.75, 3.05) is 13.7 Å². The van der Waals surface area contributed by atoms with E-state index in [2.05, 4.69) is 0 Å². The molecule has 198 valence electrons. The SMILES string of the molecule is COc1c(Cl)cc(/C(O)=C2\C(=O)C(=O)N(CCc3ccc(F)cc3)C2c2ccc(OC(C)C)cc2)cc1Cl. The molecule has 1 saturated heterocycles. The summed E-state index contributed by atoms with van der Waals surface area (Å²) in [4.78, 5) is 27.9. The highest BCUT2D eigenvalue weighted by molar-refractivity contribution is 6.46. The first-order valence-electron chi connectivity index (χ1n) is 11.9. The molecule has 1 fully saturated rings. The number of benzene rings is 3. The Labute approximate surface area is 230 Å². The highest BCUT2D eigenvalue weighted by atomic mass is 35.5. The van der Waals surface area contributed by atoms with E-state index in [1.54, 1.807) is 36.4 Å². The number of hydrogen-bond donors (Lipinski definition) is 1. The molecule has 38 heavy (non-hydrogen) atoms. The lowest BCUT2D eigenvalue weighted by Gasteiger charge is -2.26. The van der Waals surface area contributed by atoms with Crippen LogP contribution in [0.4, 0.5) is 4.39 Å². The summed E-state index contributed by atoms with van der Waals surface area (Å²) in [6.45, 7) is 3.97. The van der Waals surface area contributed by atoms with Crippen molar-refractivity contribution in [3.8, 4) is 11.5 Å². The van der Waals surface area contributed by atoms with Crippen molar-refractivity contribution in [3.05, 3.63) is 98.8 Å². The molecular weight excluding hydrogens is 532 g/mol. The molecular formula is C29H26Cl2FNO5. The van der Waals surface area contributed by atoms with Crippen molar-refractivity contribution in [3.63, 3.8) is 0 Å². The lowest BCUT2D eigenvalue weighted by molar-refractivity contribution is -0.139. The fourth-order valence-corrected chi connectivity index (χ4v) is 5.05. The molecule has 4 rings (SSSR count). The second kappa shape index (κ2) is 11.5. The van der Waals surface area contributed by atoms with Gasteiger partial charge in [0.1, 0.15) is 17.3 Å². The molecule has 1 N–H and O–H groups in total. The monoisotopic (exact) mass is 557 g/mol. The number of rotatable bonds is 8. The van der Waals surface area contributed by atoms with E-state index in [4.69, 9.17) is 32.7 Å². The van der Waals surface area contributed by atoms with Crippen molar-refractivity contribution >= 4 is 40.7 Å². The van der Waals surface area contributed by atoms with Crippen LogP contribution in [0.25, 0.3) is 5.76 Å². The number of carbonyl (C=O) groups excluding carboxylic acids is 2. The van der Waals surface area contributed by atoms with Gasteiger partial charge in [0.15, 0.2) is 5.75 Å². The number of likely N-dealkylation sites (tertiary alicyclic amines) is 1. The van der Waals surface area contributed by atoms with E-state index in [0.29, 0.717) is 17.7 Å². The number of hydrogen-bond acceptors (Lipinski definition) is 5. The molecule has 1 heterocycles. The lowest BCUT2D eigenvalue weighted by Crippen LogP contribution is -2.31. The van der Waals surface area contributed by atoms with Crippen LogP contribution in [0.2, 0.25) is 10.0 Å². The summed E-state index contributed by atoms with van der Waals surface area (Å²) in [6.07, 6.45) is 0.338. The second-order valence-electron chi connectivity index (χ2n) is 9.08. The minimum atomic E-state index is -0.886. The average Bonchev–Trinajstić information content (AvgIpc) is 3.12. The molecule has 1 amide bonds. The maximum absolute atomic E-state index is 13.4. The Morgan fingerprint density at radius 3 is 2.18 bits per heavy atom. The van der Waals surface area contributed by atoms with Crippen molar-refractivity contribution in [1.82, 2.24) is 4.90 Å². The molecule has 0 aromatic heterocycles. The van der Waals surface area contributed by atoms with Gasteiger partial charge in [-0.05, 0) is 67.8 Å². The maximum Gasteiger partial charge on any atom is 0.295 e. The molecule has 0 radical (unpaired) electrons. The number of Topliss-reactive ketones (excluding diaryl/α,β-unsaturated/α-hetero) is 1. The standard InChI is InChI=1S/C29H26Cl2FNO5/c1-16(2)38-21-10-6-18(7-11-21)25-24(26(34)19-14-22(30)28(37-3)23(31)15-19)27(35)29(36)33(25)13-12-17-4-8-20(32)9-5-17/h4-11,14-16,25,34H,12-13H2,1-3H3/b26-24+. The summed E-state index contributed by atoms with van der Waals surface area (Å²) < 4.78 is 24.3. The molecule has 0 bridgehead atoms. The summed E-state index contributed by atoms with van der Waals surface area (Å²) in [5.41, 5.74) is 1.47. The van der Waals surface area contributed by atoms with Crippen LogP contribution in [0.15, 0.2) is 66.2 Å². The van der Waals surface area contributed by atoms with Crippen LogP contribution in [-0.2, 0) is 16.0 Å². The van der Waals surface area contributed by atoms with Gasteiger partial charge in [0, 0.05) is 12.1 Å². The van der Waals surface area contributed by atoms with Crippen LogP contribution in [0.3, 0.4) is 0 Å². The number of ketones is 1. The van der Waals surface area contributed by atoms with Gasteiger partial charge in [0.05, 0.1) is 34.9 Å². The summed E-state index contributed by atoms with van der Waals surface area (Å²) in [5.74, 6) is -1.52. The Balaban J connectivity index is 1.79. The number of ether oxygens (including phenoxy) is 2. The molecule has 1 unspecified atom stereocenters. The van der Waals surface area contributed by atoms with Gasteiger partial charge in [0.2, 0.25) is 0 Å². The summed E-state index contributed by atoms with van der Waals surface area (Å²) >= 11 is 12.5. The summed E-state index contributed by atoms with van der Waals surface area (Å²) in [5, 5.41) is 11.6. The molecule has 1 atom stereocenters. The number of methoxy groups -OCH3 is 1. The smallest absolute Gasteiger partial charge is 0.295 e. The van der Waals surface area contributed by atoms with E-state index < -0.39 is 23.5 Å². The zero-order chi connectivity index (χ0) is 27.6. The van der Waals surface area contributed by atoms with Gasteiger partial charge in [-0.3, -0.25) is 9.59 Å². The largest absolute Gasteiger partial charge is 0.507 e. The molecule has 0 spiro atoms. The van der Waals surface area contributed by atoms with E-state index >= 15 is 0 Å². The van der Waals surface area contributed by atoms with Gasteiger partial charge in [0.25, 0.3) is 11.7 Å². The van der Waals surface area contributed by atoms with Crippen LogP contribution in [0.5, 0.6) is 11.5 Å². The van der Waals surface area contributed by atoms with E-state index in [1.807, 2.05) is 13.8 Å². The molecule has 9 heteroatoms. The first-order chi connectivity index (χ1) is 18.1. The topological polar surface area (TPSA) is 76.1 Å². The summed E-state index contributed by atoms with van der Waals surface area (Å²) in [6, 6.07) is 14.9. The predicted octanol–water partition coefficient (Wildman–Crippen LogP) is 6.59. The third kappa shape index (κ3) is 5.64. The fourth-order valence-electron chi connectivity index (χ4n) is 4.41. The van der Waals surface area contributed by atoms with Crippen LogP contribution in [0.1, 0.15) is 36.6 Å². The molecule has 3 aromatic rings.